The average Bonchev–Trinajstić information content (AvgIpc) is 2.39. The Bertz CT molecular complexity index is 210. The number of unbranched alkanes of at least 4 members (excludes halogenated alkanes) is 8. The summed E-state index contributed by atoms with van der Waals surface area (Å²) >= 11 is 0. The van der Waals surface area contributed by atoms with Crippen LogP contribution >= 0.6 is 0 Å². The Morgan fingerprint density at radius 3 is 1.79 bits per heavy atom. The van der Waals surface area contributed by atoms with Crippen molar-refractivity contribution in [3.05, 3.63) is 24.3 Å². The quantitative estimate of drug-likeness (QED) is 0.246. The zero-order valence-electron chi connectivity index (χ0n) is 13.7. The standard InChI is InChI=1S/C19H36/c1-4-5-6-7-8-9-10-11-12-13-14-15-16-17-18-19(2)3/h11-14,19H,4-10,15-18H2,1-3H3/b12-11+,14-13+. The largest absolute Gasteiger partial charge is 0.0845 e. The smallest absolute Gasteiger partial charge is 0.0348 e. The van der Waals surface area contributed by atoms with Gasteiger partial charge in [0, 0.05) is 0 Å². The minimum absolute atomic E-state index is 0.862. The lowest BCUT2D eigenvalue weighted by Crippen LogP contribution is -1.85. The summed E-state index contributed by atoms with van der Waals surface area (Å²) in [6.07, 6.45) is 24.1. The summed E-state index contributed by atoms with van der Waals surface area (Å²) in [5.74, 6) is 0.862. The maximum Gasteiger partial charge on any atom is -0.0348 e. The molecule has 0 aromatic carbocycles. The fourth-order valence-electron chi connectivity index (χ4n) is 2.21. The summed E-state index contributed by atoms with van der Waals surface area (Å²) in [6, 6.07) is 0. The first-order valence-electron chi connectivity index (χ1n) is 8.59. The van der Waals surface area contributed by atoms with Crippen molar-refractivity contribution in [2.45, 2.75) is 91.4 Å². The molecule has 0 heterocycles. The third kappa shape index (κ3) is 17.5. The van der Waals surface area contributed by atoms with Gasteiger partial charge in [0.1, 0.15) is 0 Å². The van der Waals surface area contributed by atoms with Crippen LogP contribution in [0.4, 0.5) is 0 Å². The second kappa shape index (κ2) is 15.5. The lowest BCUT2D eigenvalue weighted by molar-refractivity contribution is 0.540. The molecule has 0 aromatic heterocycles. The van der Waals surface area contributed by atoms with Gasteiger partial charge >= 0.3 is 0 Å². The van der Waals surface area contributed by atoms with Gasteiger partial charge in [-0.1, -0.05) is 90.0 Å². The fourth-order valence-corrected chi connectivity index (χ4v) is 2.21. The highest BCUT2D eigenvalue weighted by atomic mass is 14.0. The first kappa shape index (κ1) is 18.5. The van der Waals surface area contributed by atoms with E-state index in [1.54, 1.807) is 0 Å². The molecule has 0 spiro atoms. The van der Waals surface area contributed by atoms with Gasteiger partial charge < -0.3 is 0 Å². The van der Waals surface area contributed by atoms with E-state index < -0.39 is 0 Å². The first-order chi connectivity index (χ1) is 9.27. The van der Waals surface area contributed by atoms with Gasteiger partial charge in [-0.3, -0.25) is 0 Å². The third-order valence-corrected chi connectivity index (χ3v) is 3.51. The van der Waals surface area contributed by atoms with Gasteiger partial charge in [-0.15, -0.1) is 0 Å². The molecule has 0 amide bonds. The number of rotatable bonds is 13. The van der Waals surface area contributed by atoms with Crippen molar-refractivity contribution in [1.82, 2.24) is 0 Å². The van der Waals surface area contributed by atoms with Gasteiger partial charge in [-0.2, -0.15) is 0 Å². The Balaban J connectivity index is 3.19. The molecule has 19 heavy (non-hydrogen) atoms. The van der Waals surface area contributed by atoms with Crippen LogP contribution in [-0.4, -0.2) is 0 Å². The van der Waals surface area contributed by atoms with E-state index >= 15 is 0 Å². The lowest BCUT2D eigenvalue weighted by Gasteiger charge is -2.01. The van der Waals surface area contributed by atoms with Gasteiger partial charge in [0.05, 0.1) is 0 Å². The van der Waals surface area contributed by atoms with E-state index in [1.807, 2.05) is 0 Å². The molecule has 0 aliphatic rings. The van der Waals surface area contributed by atoms with Crippen LogP contribution in [-0.2, 0) is 0 Å². The highest BCUT2D eigenvalue weighted by Crippen LogP contribution is 2.09. The highest BCUT2D eigenvalue weighted by molar-refractivity contribution is 5.02. The SMILES string of the molecule is CCCCCCCC/C=C/C=C/CCCCC(C)C. The molecule has 0 unspecified atom stereocenters. The van der Waals surface area contributed by atoms with Crippen molar-refractivity contribution >= 4 is 0 Å². The van der Waals surface area contributed by atoms with Crippen molar-refractivity contribution in [3.63, 3.8) is 0 Å². The molecule has 112 valence electrons. The first-order valence-corrected chi connectivity index (χ1v) is 8.59. The molecular weight excluding hydrogens is 228 g/mol. The van der Waals surface area contributed by atoms with E-state index in [9.17, 15) is 0 Å². The molecule has 0 saturated heterocycles. The van der Waals surface area contributed by atoms with Crippen molar-refractivity contribution in [2.24, 2.45) is 5.92 Å². The van der Waals surface area contributed by atoms with Gasteiger partial charge in [0.15, 0.2) is 0 Å². The Morgan fingerprint density at radius 2 is 1.21 bits per heavy atom. The summed E-state index contributed by atoms with van der Waals surface area (Å²) in [5.41, 5.74) is 0. The van der Waals surface area contributed by atoms with Crippen LogP contribution in [0.15, 0.2) is 24.3 Å². The molecule has 0 aromatic rings. The molecule has 0 bridgehead atoms. The minimum Gasteiger partial charge on any atom is -0.0845 e. The molecule has 0 heteroatoms. The van der Waals surface area contributed by atoms with Crippen LogP contribution in [0.5, 0.6) is 0 Å². The van der Waals surface area contributed by atoms with Crippen molar-refractivity contribution in [2.75, 3.05) is 0 Å². The third-order valence-electron chi connectivity index (χ3n) is 3.51. The number of allylic oxidation sites excluding steroid dienone is 4. The molecule has 0 radical (unpaired) electrons. The molecule has 0 fully saturated rings. The Hall–Kier alpha value is -0.520. The molecule has 0 aliphatic heterocycles. The van der Waals surface area contributed by atoms with Crippen LogP contribution in [0.2, 0.25) is 0 Å². The van der Waals surface area contributed by atoms with Gasteiger partial charge in [-0.25, -0.2) is 0 Å². The van der Waals surface area contributed by atoms with Gasteiger partial charge in [-0.05, 0) is 31.6 Å². The van der Waals surface area contributed by atoms with Gasteiger partial charge in [0.25, 0.3) is 0 Å². The van der Waals surface area contributed by atoms with Crippen LogP contribution < -0.4 is 0 Å². The predicted octanol–water partition coefficient (Wildman–Crippen LogP) is 7.07. The van der Waals surface area contributed by atoms with E-state index in [1.165, 1.54) is 70.6 Å². The van der Waals surface area contributed by atoms with Crippen LogP contribution in [0, 0.1) is 5.92 Å². The molecule has 0 nitrogen and oxygen atoms in total. The summed E-state index contributed by atoms with van der Waals surface area (Å²) < 4.78 is 0. The maximum atomic E-state index is 2.32. The van der Waals surface area contributed by atoms with Gasteiger partial charge in [0.2, 0.25) is 0 Å². The zero-order chi connectivity index (χ0) is 14.2. The molecule has 0 aliphatic carbocycles. The molecule has 0 rings (SSSR count). The average molecular weight is 264 g/mol. The van der Waals surface area contributed by atoms with Crippen molar-refractivity contribution in [1.29, 1.82) is 0 Å². The maximum absolute atomic E-state index is 2.32. The molecule has 0 N–H and O–H groups in total. The highest BCUT2D eigenvalue weighted by Gasteiger charge is 1.91. The van der Waals surface area contributed by atoms with E-state index in [0.717, 1.165) is 5.92 Å². The Kier molecular flexibility index (Phi) is 15.1. The minimum atomic E-state index is 0.862. The monoisotopic (exact) mass is 264 g/mol. The van der Waals surface area contributed by atoms with E-state index in [0.29, 0.717) is 0 Å². The zero-order valence-corrected chi connectivity index (χ0v) is 13.7. The molecular formula is C19H36. The topological polar surface area (TPSA) is 0 Å². The van der Waals surface area contributed by atoms with Crippen LogP contribution in [0.1, 0.15) is 91.4 Å². The van der Waals surface area contributed by atoms with E-state index in [4.69, 9.17) is 0 Å². The van der Waals surface area contributed by atoms with E-state index in [-0.39, 0.29) is 0 Å². The summed E-state index contributed by atoms with van der Waals surface area (Å²) in [7, 11) is 0. The summed E-state index contributed by atoms with van der Waals surface area (Å²) in [6.45, 7) is 6.89. The summed E-state index contributed by atoms with van der Waals surface area (Å²) in [4.78, 5) is 0. The Labute approximate surface area is 122 Å². The number of hydrogen-bond donors (Lipinski definition) is 0. The van der Waals surface area contributed by atoms with Crippen molar-refractivity contribution < 1.29 is 0 Å². The second-order valence-corrected chi connectivity index (χ2v) is 6.09. The Morgan fingerprint density at radius 1 is 0.684 bits per heavy atom. The lowest BCUT2D eigenvalue weighted by atomic mass is 10.1. The van der Waals surface area contributed by atoms with Crippen LogP contribution in [0.25, 0.3) is 0 Å². The summed E-state index contributed by atoms with van der Waals surface area (Å²) in [5, 5.41) is 0. The fraction of sp³-hybridized carbons (Fsp3) is 0.789. The van der Waals surface area contributed by atoms with E-state index in [2.05, 4.69) is 45.1 Å². The molecule has 0 saturated carbocycles. The predicted molar refractivity (Wildman–Crippen MR) is 89.6 cm³/mol. The van der Waals surface area contributed by atoms with Crippen molar-refractivity contribution in [3.8, 4) is 0 Å². The molecule has 0 atom stereocenters. The normalized spacial score (nSPS) is 12.2. The number of hydrogen-bond acceptors (Lipinski definition) is 0. The second-order valence-electron chi connectivity index (χ2n) is 6.09. The van der Waals surface area contributed by atoms with Crippen LogP contribution in [0.3, 0.4) is 0 Å².